The van der Waals surface area contributed by atoms with E-state index in [1.54, 1.807) is 0 Å². The molecule has 1 saturated heterocycles. The van der Waals surface area contributed by atoms with Crippen LogP contribution in [0.15, 0.2) is 30.3 Å². The van der Waals surface area contributed by atoms with Crippen LogP contribution in [-0.2, 0) is 0 Å². The molecule has 1 aromatic heterocycles. The molecule has 0 aliphatic carbocycles. The number of carbonyl (C=O) groups is 1. The molecular weight excluding hydrogens is 274 g/mol. The minimum absolute atomic E-state index is 0.0595. The number of piperidine rings is 1. The third-order valence-corrected chi connectivity index (χ3v) is 4.31. The molecule has 3 rings (SSSR count). The van der Waals surface area contributed by atoms with E-state index >= 15 is 0 Å². The number of likely N-dealkylation sites (tertiary alicyclic amines) is 1. The summed E-state index contributed by atoms with van der Waals surface area (Å²) in [5.74, 6) is 1.18. The number of rotatable bonds is 2. The van der Waals surface area contributed by atoms with Crippen molar-refractivity contribution < 1.29 is 4.79 Å². The molecule has 2 aromatic rings. The van der Waals surface area contributed by atoms with Crippen molar-refractivity contribution in [3.05, 3.63) is 41.6 Å². The second-order valence-corrected chi connectivity index (χ2v) is 6.69. The number of aromatic nitrogens is 2. The van der Waals surface area contributed by atoms with E-state index in [1.807, 2.05) is 23.1 Å². The van der Waals surface area contributed by atoms with Crippen molar-refractivity contribution in [2.45, 2.75) is 27.2 Å². The third-order valence-electron chi connectivity index (χ3n) is 4.31. The van der Waals surface area contributed by atoms with Crippen LogP contribution in [0.1, 0.15) is 36.3 Å². The highest BCUT2D eigenvalue weighted by atomic mass is 16.2. The predicted octanol–water partition coefficient (Wildman–Crippen LogP) is 3.50. The van der Waals surface area contributed by atoms with Crippen LogP contribution in [0, 0.1) is 18.8 Å². The van der Waals surface area contributed by atoms with Crippen molar-refractivity contribution in [1.82, 2.24) is 15.1 Å². The lowest BCUT2D eigenvalue weighted by Gasteiger charge is -2.34. The number of aromatic amines is 1. The monoisotopic (exact) mass is 297 g/mol. The van der Waals surface area contributed by atoms with Gasteiger partial charge in [-0.15, -0.1) is 0 Å². The number of amides is 1. The Morgan fingerprint density at radius 3 is 2.45 bits per heavy atom. The minimum atomic E-state index is 0.0595. The van der Waals surface area contributed by atoms with E-state index in [2.05, 4.69) is 43.1 Å². The van der Waals surface area contributed by atoms with Gasteiger partial charge in [0.05, 0.1) is 5.69 Å². The highest BCUT2D eigenvalue weighted by Gasteiger charge is 2.27. The zero-order chi connectivity index (χ0) is 15.7. The van der Waals surface area contributed by atoms with Gasteiger partial charge in [-0.3, -0.25) is 9.89 Å². The molecule has 22 heavy (non-hydrogen) atoms. The minimum Gasteiger partial charge on any atom is -0.337 e. The van der Waals surface area contributed by atoms with Crippen LogP contribution in [0.3, 0.4) is 0 Å². The van der Waals surface area contributed by atoms with Crippen LogP contribution < -0.4 is 0 Å². The molecule has 2 heterocycles. The smallest absolute Gasteiger partial charge is 0.271 e. The SMILES string of the molecule is Cc1ccc(-c2cc(C(=O)N3C[C@@H](C)C[C@H](C)C3)[nH]n2)cc1. The van der Waals surface area contributed by atoms with Crippen LogP contribution >= 0.6 is 0 Å². The van der Waals surface area contributed by atoms with Crippen LogP contribution in [-0.4, -0.2) is 34.1 Å². The fourth-order valence-electron chi connectivity index (χ4n) is 3.30. The van der Waals surface area contributed by atoms with Crippen molar-refractivity contribution in [2.75, 3.05) is 13.1 Å². The first-order chi connectivity index (χ1) is 10.5. The molecule has 0 unspecified atom stereocenters. The lowest BCUT2D eigenvalue weighted by molar-refractivity contribution is 0.0617. The molecule has 1 fully saturated rings. The second kappa shape index (κ2) is 5.95. The van der Waals surface area contributed by atoms with E-state index in [1.165, 1.54) is 12.0 Å². The largest absolute Gasteiger partial charge is 0.337 e. The van der Waals surface area contributed by atoms with Gasteiger partial charge in [-0.1, -0.05) is 43.7 Å². The summed E-state index contributed by atoms with van der Waals surface area (Å²) in [6.07, 6.45) is 1.20. The molecule has 1 aromatic carbocycles. The van der Waals surface area contributed by atoms with E-state index in [-0.39, 0.29) is 5.91 Å². The molecule has 2 atom stereocenters. The molecule has 1 amide bonds. The number of hydrogen-bond acceptors (Lipinski definition) is 2. The first-order valence-electron chi connectivity index (χ1n) is 7.94. The maximum absolute atomic E-state index is 12.6. The van der Waals surface area contributed by atoms with E-state index in [4.69, 9.17) is 0 Å². The molecular formula is C18H23N3O. The normalized spacial score (nSPS) is 21.9. The van der Waals surface area contributed by atoms with Gasteiger partial charge in [0, 0.05) is 18.7 Å². The molecule has 4 nitrogen and oxygen atoms in total. The van der Waals surface area contributed by atoms with Crippen LogP contribution in [0.5, 0.6) is 0 Å². The zero-order valence-electron chi connectivity index (χ0n) is 13.5. The van der Waals surface area contributed by atoms with Crippen molar-refractivity contribution in [2.24, 2.45) is 11.8 Å². The fraction of sp³-hybridized carbons (Fsp3) is 0.444. The Kier molecular flexibility index (Phi) is 4.01. The van der Waals surface area contributed by atoms with E-state index in [0.29, 0.717) is 17.5 Å². The van der Waals surface area contributed by atoms with Crippen molar-refractivity contribution in [3.8, 4) is 11.3 Å². The average molecular weight is 297 g/mol. The molecule has 0 saturated carbocycles. The van der Waals surface area contributed by atoms with Gasteiger partial charge < -0.3 is 4.90 Å². The Balaban J connectivity index is 1.78. The molecule has 0 radical (unpaired) electrons. The lowest BCUT2D eigenvalue weighted by atomic mass is 9.92. The third kappa shape index (κ3) is 3.06. The van der Waals surface area contributed by atoms with Gasteiger partial charge in [-0.2, -0.15) is 5.10 Å². The van der Waals surface area contributed by atoms with Gasteiger partial charge in [-0.05, 0) is 31.2 Å². The number of hydrogen-bond donors (Lipinski definition) is 1. The molecule has 0 spiro atoms. The fourth-order valence-corrected chi connectivity index (χ4v) is 3.30. The van der Waals surface area contributed by atoms with Gasteiger partial charge in [-0.25, -0.2) is 0 Å². The van der Waals surface area contributed by atoms with Gasteiger partial charge in [0.2, 0.25) is 0 Å². The summed E-state index contributed by atoms with van der Waals surface area (Å²) in [5, 5.41) is 7.20. The Hall–Kier alpha value is -2.10. The highest BCUT2D eigenvalue weighted by molar-refractivity contribution is 5.93. The summed E-state index contributed by atoms with van der Waals surface area (Å²) in [6, 6.07) is 10.0. The summed E-state index contributed by atoms with van der Waals surface area (Å²) in [4.78, 5) is 14.6. The average Bonchev–Trinajstić information content (AvgIpc) is 2.96. The summed E-state index contributed by atoms with van der Waals surface area (Å²) in [6.45, 7) is 8.15. The number of carbonyl (C=O) groups excluding carboxylic acids is 1. The summed E-state index contributed by atoms with van der Waals surface area (Å²) in [5.41, 5.74) is 3.64. The molecule has 1 aliphatic rings. The Labute approximate surface area is 131 Å². The van der Waals surface area contributed by atoms with Crippen LogP contribution in [0.25, 0.3) is 11.3 Å². The maximum Gasteiger partial charge on any atom is 0.271 e. The maximum atomic E-state index is 12.6. The number of nitrogens with one attached hydrogen (secondary N) is 1. The summed E-state index contributed by atoms with van der Waals surface area (Å²) < 4.78 is 0. The van der Waals surface area contributed by atoms with Crippen molar-refractivity contribution in [1.29, 1.82) is 0 Å². The second-order valence-electron chi connectivity index (χ2n) is 6.69. The van der Waals surface area contributed by atoms with Crippen molar-refractivity contribution in [3.63, 3.8) is 0 Å². The van der Waals surface area contributed by atoms with E-state index in [9.17, 15) is 4.79 Å². The summed E-state index contributed by atoms with van der Waals surface area (Å²) in [7, 11) is 0. The molecule has 1 aliphatic heterocycles. The van der Waals surface area contributed by atoms with Gasteiger partial charge in [0.25, 0.3) is 5.91 Å². The van der Waals surface area contributed by atoms with Gasteiger partial charge in [0.15, 0.2) is 0 Å². The Morgan fingerprint density at radius 2 is 1.82 bits per heavy atom. The Morgan fingerprint density at radius 1 is 1.18 bits per heavy atom. The lowest BCUT2D eigenvalue weighted by Crippen LogP contribution is -2.42. The predicted molar refractivity (Wildman–Crippen MR) is 87.6 cm³/mol. The van der Waals surface area contributed by atoms with Gasteiger partial charge >= 0.3 is 0 Å². The van der Waals surface area contributed by atoms with E-state index < -0.39 is 0 Å². The Bertz CT molecular complexity index is 649. The van der Waals surface area contributed by atoms with Gasteiger partial charge in [0.1, 0.15) is 5.69 Å². The molecule has 116 valence electrons. The first kappa shape index (κ1) is 14.8. The topological polar surface area (TPSA) is 49.0 Å². The quantitative estimate of drug-likeness (QED) is 0.922. The number of aryl methyl sites for hydroxylation is 1. The number of benzene rings is 1. The number of H-pyrrole nitrogens is 1. The number of nitrogens with zero attached hydrogens (tertiary/aromatic N) is 2. The zero-order valence-corrected chi connectivity index (χ0v) is 13.5. The van der Waals surface area contributed by atoms with E-state index in [0.717, 1.165) is 24.3 Å². The van der Waals surface area contributed by atoms with Crippen molar-refractivity contribution >= 4 is 5.91 Å². The molecule has 0 bridgehead atoms. The van der Waals surface area contributed by atoms with Crippen LogP contribution in [0.2, 0.25) is 0 Å². The summed E-state index contributed by atoms with van der Waals surface area (Å²) >= 11 is 0. The standard InChI is InChI=1S/C18H23N3O/c1-12-4-6-15(7-5-12)16-9-17(20-19-16)18(22)21-10-13(2)8-14(3)11-21/h4-7,9,13-14H,8,10-11H2,1-3H3,(H,19,20)/t13-,14-/m0/s1. The van der Waals surface area contributed by atoms with Crippen LogP contribution in [0.4, 0.5) is 0 Å². The first-order valence-corrected chi connectivity index (χ1v) is 7.94. The highest BCUT2D eigenvalue weighted by Crippen LogP contribution is 2.23. The molecule has 1 N–H and O–H groups in total. The molecule has 4 heteroatoms.